The molecule has 2 unspecified atom stereocenters. The van der Waals surface area contributed by atoms with Gasteiger partial charge in [0.2, 0.25) is 0 Å². The standard InChI is InChI=1S/C9H18O/c1-7-5-4-6-9(2,3)8(7)10/h7-8,10H,4-6H2,1-3H3. The molecule has 0 saturated heterocycles. The second kappa shape index (κ2) is 2.54. The van der Waals surface area contributed by atoms with Crippen LogP contribution in [0.5, 0.6) is 0 Å². The summed E-state index contributed by atoms with van der Waals surface area (Å²) in [6.07, 6.45) is 3.58. The predicted octanol–water partition coefficient (Wildman–Crippen LogP) is 2.19. The molecule has 1 nitrogen and oxygen atoms in total. The molecule has 1 aliphatic rings. The van der Waals surface area contributed by atoms with Crippen LogP contribution in [0, 0.1) is 11.3 Å². The van der Waals surface area contributed by atoms with Crippen molar-refractivity contribution in [2.24, 2.45) is 11.3 Å². The van der Waals surface area contributed by atoms with Crippen molar-refractivity contribution in [3.05, 3.63) is 0 Å². The molecule has 2 atom stereocenters. The van der Waals surface area contributed by atoms with Gasteiger partial charge in [0.05, 0.1) is 6.10 Å². The maximum atomic E-state index is 9.71. The lowest BCUT2D eigenvalue weighted by Crippen LogP contribution is -2.38. The van der Waals surface area contributed by atoms with Gasteiger partial charge in [-0.15, -0.1) is 0 Å². The Morgan fingerprint density at radius 1 is 1.40 bits per heavy atom. The van der Waals surface area contributed by atoms with Gasteiger partial charge in [0.15, 0.2) is 0 Å². The van der Waals surface area contributed by atoms with Crippen molar-refractivity contribution in [2.75, 3.05) is 0 Å². The monoisotopic (exact) mass is 142 g/mol. The van der Waals surface area contributed by atoms with E-state index >= 15 is 0 Å². The number of rotatable bonds is 0. The van der Waals surface area contributed by atoms with Gasteiger partial charge in [0.1, 0.15) is 0 Å². The van der Waals surface area contributed by atoms with Crippen LogP contribution in [0.1, 0.15) is 40.0 Å². The summed E-state index contributed by atoms with van der Waals surface area (Å²) in [6, 6.07) is 0. The molecule has 1 heteroatoms. The molecule has 1 saturated carbocycles. The van der Waals surface area contributed by atoms with E-state index in [1.165, 1.54) is 19.3 Å². The van der Waals surface area contributed by atoms with E-state index in [9.17, 15) is 5.11 Å². The van der Waals surface area contributed by atoms with E-state index < -0.39 is 0 Å². The quantitative estimate of drug-likeness (QED) is 0.549. The van der Waals surface area contributed by atoms with E-state index in [1.807, 2.05) is 0 Å². The van der Waals surface area contributed by atoms with Crippen LogP contribution in [0.2, 0.25) is 0 Å². The van der Waals surface area contributed by atoms with Crippen LogP contribution in [-0.4, -0.2) is 11.2 Å². The van der Waals surface area contributed by atoms with Gasteiger partial charge in [0, 0.05) is 0 Å². The molecule has 60 valence electrons. The first-order valence-corrected chi connectivity index (χ1v) is 4.22. The molecule has 0 amide bonds. The normalized spacial score (nSPS) is 39.6. The highest BCUT2D eigenvalue weighted by Gasteiger charge is 2.34. The number of hydrogen-bond acceptors (Lipinski definition) is 1. The van der Waals surface area contributed by atoms with Gasteiger partial charge in [-0.1, -0.05) is 27.2 Å². The van der Waals surface area contributed by atoms with E-state index in [0.29, 0.717) is 5.92 Å². The lowest BCUT2D eigenvalue weighted by molar-refractivity contribution is -0.0254. The topological polar surface area (TPSA) is 20.2 Å². The average molecular weight is 142 g/mol. The maximum Gasteiger partial charge on any atom is 0.0616 e. The summed E-state index contributed by atoms with van der Waals surface area (Å²) in [7, 11) is 0. The van der Waals surface area contributed by atoms with Crippen LogP contribution >= 0.6 is 0 Å². The summed E-state index contributed by atoms with van der Waals surface area (Å²) in [5, 5.41) is 9.71. The average Bonchev–Trinajstić information content (AvgIpc) is 1.83. The zero-order valence-corrected chi connectivity index (χ0v) is 7.22. The Morgan fingerprint density at radius 3 is 2.40 bits per heavy atom. The van der Waals surface area contributed by atoms with Gasteiger partial charge in [0.25, 0.3) is 0 Å². The fourth-order valence-corrected chi connectivity index (χ4v) is 1.96. The zero-order chi connectivity index (χ0) is 7.78. The molecule has 0 aromatic rings. The molecule has 0 bridgehead atoms. The Balaban J connectivity index is 2.60. The molecule has 0 aromatic carbocycles. The van der Waals surface area contributed by atoms with Gasteiger partial charge >= 0.3 is 0 Å². The van der Waals surface area contributed by atoms with Crippen molar-refractivity contribution in [1.82, 2.24) is 0 Å². The first-order chi connectivity index (χ1) is 4.54. The van der Waals surface area contributed by atoms with E-state index in [-0.39, 0.29) is 11.5 Å². The van der Waals surface area contributed by atoms with Crippen molar-refractivity contribution in [2.45, 2.75) is 46.1 Å². The molecule has 0 aliphatic heterocycles. The predicted molar refractivity (Wildman–Crippen MR) is 42.8 cm³/mol. The van der Waals surface area contributed by atoms with E-state index in [0.717, 1.165) is 0 Å². The van der Waals surface area contributed by atoms with Crippen LogP contribution in [-0.2, 0) is 0 Å². The Hall–Kier alpha value is -0.0400. The molecule has 0 radical (unpaired) electrons. The molecule has 1 rings (SSSR count). The molecule has 0 aromatic heterocycles. The Labute approximate surface area is 63.4 Å². The SMILES string of the molecule is CC1CCCC(C)(C)C1O. The lowest BCUT2D eigenvalue weighted by atomic mass is 9.70. The van der Waals surface area contributed by atoms with Gasteiger partial charge in [-0.2, -0.15) is 0 Å². The Bertz CT molecular complexity index is 118. The van der Waals surface area contributed by atoms with Gasteiger partial charge in [-0.05, 0) is 24.2 Å². The smallest absolute Gasteiger partial charge is 0.0616 e. The van der Waals surface area contributed by atoms with Crippen molar-refractivity contribution in [3.8, 4) is 0 Å². The molecule has 10 heavy (non-hydrogen) atoms. The summed E-state index contributed by atoms with van der Waals surface area (Å²) in [4.78, 5) is 0. The molecule has 1 N–H and O–H groups in total. The third-order valence-electron chi connectivity index (χ3n) is 2.82. The maximum absolute atomic E-state index is 9.71. The molecular formula is C9H18O. The molecule has 0 heterocycles. The Morgan fingerprint density at radius 2 is 2.00 bits per heavy atom. The van der Waals surface area contributed by atoms with Crippen molar-refractivity contribution < 1.29 is 5.11 Å². The van der Waals surface area contributed by atoms with Crippen molar-refractivity contribution >= 4 is 0 Å². The van der Waals surface area contributed by atoms with Crippen LogP contribution in [0.15, 0.2) is 0 Å². The first kappa shape index (κ1) is 8.06. The second-order valence-electron chi connectivity index (χ2n) is 4.30. The fraction of sp³-hybridized carbons (Fsp3) is 1.00. The summed E-state index contributed by atoms with van der Waals surface area (Å²) in [5.74, 6) is 0.503. The minimum Gasteiger partial charge on any atom is -0.392 e. The van der Waals surface area contributed by atoms with Crippen LogP contribution in [0.4, 0.5) is 0 Å². The third kappa shape index (κ3) is 1.34. The molecule has 0 spiro atoms. The molecular weight excluding hydrogens is 124 g/mol. The zero-order valence-electron chi connectivity index (χ0n) is 7.22. The number of hydrogen-bond donors (Lipinski definition) is 1. The van der Waals surface area contributed by atoms with E-state index in [2.05, 4.69) is 20.8 Å². The van der Waals surface area contributed by atoms with Crippen molar-refractivity contribution in [3.63, 3.8) is 0 Å². The number of aliphatic hydroxyl groups is 1. The highest BCUT2D eigenvalue weighted by Crippen LogP contribution is 2.38. The summed E-state index contributed by atoms with van der Waals surface area (Å²) in [5.41, 5.74) is 0.164. The van der Waals surface area contributed by atoms with E-state index in [1.54, 1.807) is 0 Å². The summed E-state index contributed by atoms with van der Waals surface area (Å²) >= 11 is 0. The minimum absolute atomic E-state index is 0.0822. The minimum atomic E-state index is -0.0822. The first-order valence-electron chi connectivity index (χ1n) is 4.22. The highest BCUT2D eigenvalue weighted by atomic mass is 16.3. The fourth-order valence-electron chi connectivity index (χ4n) is 1.96. The highest BCUT2D eigenvalue weighted by molar-refractivity contribution is 4.85. The van der Waals surface area contributed by atoms with Gasteiger partial charge in [-0.3, -0.25) is 0 Å². The van der Waals surface area contributed by atoms with Gasteiger partial charge < -0.3 is 5.11 Å². The van der Waals surface area contributed by atoms with E-state index in [4.69, 9.17) is 0 Å². The molecule has 1 aliphatic carbocycles. The molecule has 1 fully saturated rings. The van der Waals surface area contributed by atoms with Crippen molar-refractivity contribution in [1.29, 1.82) is 0 Å². The number of aliphatic hydroxyl groups excluding tert-OH is 1. The largest absolute Gasteiger partial charge is 0.392 e. The van der Waals surface area contributed by atoms with Crippen LogP contribution in [0.25, 0.3) is 0 Å². The van der Waals surface area contributed by atoms with Crippen LogP contribution in [0.3, 0.4) is 0 Å². The Kier molecular flexibility index (Phi) is 2.04. The summed E-state index contributed by atoms with van der Waals surface area (Å²) < 4.78 is 0. The van der Waals surface area contributed by atoms with Crippen LogP contribution < -0.4 is 0 Å². The summed E-state index contributed by atoms with van der Waals surface area (Å²) in [6.45, 7) is 6.46. The lowest BCUT2D eigenvalue weighted by Gasteiger charge is -2.39. The third-order valence-corrected chi connectivity index (χ3v) is 2.82. The van der Waals surface area contributed by atoms with Gasteiger partial charge in [-0.25, -0.2) is 0 Å². The second-order valence-corrected chi connectivity index (χ2v) is 4.30.